The summed E-state index contributed by atoms with van der Waals surface area (Å²) in [6, 6.07) is 13.2. The lowest BCUT2D eigenvalue weighted by atomic mass is 10.1. The number of aromatic nitrogens is 2. The molecule has 23 heavy (non-hydrogen) atoms. The molecule has 0 aliphatic heterocycles. The number of nitrogens with zero attached hydrogens (tertiary/aromatic N) is 2. The molecule has 3 aromatic rings. The summed E-state index contributed by atoms with van der Waals surface area (Å²) in [5, 5.41) is 3.84. The van der Waals surface area contributed by atoms with Crippen molar-refractivity contribution in [1.82, 2.24) is 20.7 Å². The number of hydrazine groups is 1. The summed E-state index contributed by atoms with van der Waals surface area (Å²) in [5.74, 6) is 0.595. The number of aryl methyl sites for hydroxylation is 1. The lowest BCUT2D eigenvalue weighted by molar-refractivity contribution is 0.242. The molecule has 0 spiro atoms. The molecule has 0 unspecified atom stereocenters. The number of benzene rings is 1. The highest BCUT2D eigenvalue weighted by Crippen LogP contribution is 2.19. The zero-order valence-electron chi connectivity index (χ0n) is 12.7. The van der Waals surface area contributed by atoms with Crippen molar-refractivity contribution in [1.29, 1.82) is 0 Å². The Hall–Kier alpha value is -3.15. The van der Waals surface area contributed by atoms with Crippen LogP contribution >= 0.6 is 0 Å². The minimum atomic E-state index is -0.332. The van der Waals surface area contributed by atoms with E-state index >= 15 is 0 Å². The van der Waals surface area contributed by atoms with E-state index in [0.29, 0.717) is 12.4 Å². The topological polar surface area (TPSA) is 78.9 Å². The molecule has 0 aliphatic carbocycles. The van der Waals surface area contributed by atoms with Gasteiger partial charge in [-0.15, -0.1) is 0 Å². The second-order valence-electron chi connectivity index (χ2n) is 5.14. The number of carbonyl (C=O) groups excluding carboxylic acids is 1. The van der Waals surface area contributed by atoms with Gasteiger partial charge in [-0.2, -0.15) is 0 Å². The molecule has 3 rings (SSSR count). The van der Waals surface area contributed by atoms with Crippen molar-refractivity contribution in [3.63, 3.8) is 0 Å². The smallest absolute Gasteiger partial charge is 0.333 e. The number of fused-ring (bicyclic) bond motifs is 1. The lowest BCUT2D eigenvalue weighted by Gasteiger charge is -2.11. The maximum absolute atomic E-state index is 11.8. The van der Waals surface area contributed by atoms with Crippen LogP contribution in [0.2, 0.25) is 0 Å². The number of hydrogen-bond acceptors (Lipinski definition) is 4. The van der Waals surface area contributed by atoms with Crippen LogP contribution in [-0.2, 0) is 6.54 Å². The van der Waals surface area contributed by atoms with Crippen molar-refractivity contribution in [2.45, 2.75) is 13.5 Å². The third kappa shape index (κ3) is 3.74. The quantitative estimate of drug-likeness (QED) is 0.648. The molecule has 0 saturated carbocycles. The zero-order chi connectivity index (χ0) is 16.1. The molecular formula is C17H17N5O. The van der Waals surface area contributed by atoms with Crippen LogP contribution in [0.15, 0.2) is 54.9 Å². The van der Waals surface area contributed by atoms with Gasteiger partial charge in [-0.3, -0.25) is 15.8 Å². The predicted octanol–water partition coefficient (Wildman–Crippen LogP) is 2.76. The highest BCUT2D eigenvalue weighted by atomic mass is 16.2. The highest BCUT2D eigenvalue weighted by Gasteiger charge is 2.04. The van der Waals surface area contributed by atoms with E-state index in [2.05, 4.69) is 26.1 Å². The Bertz CT molecular complexity index is 820. The van der Waals surface area contributed by atoms with Crippen molar-refractivity contribution in [2.75, 3.05) is 5.43 Å². The molecule has 0 atom stereocenters. The summed E-state index contributed by atoms with van der Waals surface area (Å²) in [4.78, 5) is 20.3. The molecule has 0 saturated heterocycles. The average Bonchev–Trinajstić information content (AvgIpc) is 2.59. The Morgan fingerprint density at radius 2 is 2.04 bits per heavy atom. The molecule has 0 aliphatic rings. The predicted molar refractivity (Wildman–Crippen MR) is 89.7 cm³/mol. The van der Waals surface area contributed by atoms with E-state index in [0.717, 1.165) is 22.0 Å². The Labute approximate surface area is 133 Å². The molecule has 116 valence electrons. The van der Waals surface area contributed by atoms with Gasteiger partial charge < -0.3 is 5.32 Å². The first-order chi connectivity index (χ1) is 11.2. The van der Waals surface area contributed by atoms with Gasteiger partial charge >= 0.3 is 6.03 Å². The van der Waals surface area contributed by atoms with Gasteiger partial charge in [-0.1, -0.05) is 24.3 Å². The molecule has 6 heteroatoms. The minimum Gasteiger partial charge on any atom is -0.333 e. The molecule has 1 aromatic carbocycles. The van der Waals surface area contributed by atoms with E-state index in [1.165, 1.54) is 0 Å². The molecular weight excluding hydrogens is 290 g/mol. The Morgan fingerprint density at radius 1 is 1.17 bits per heavy atom. The molecule has 3 N–H and O–H groups in total. The van der Waals surface area contributed by atoms with Gasteiger partial charge in [0.2, 0.25) is 0 Å². The van der Waals surface area contributed by atoms with Crippen molar-refractivity contribution in [3.05, 3.63) is 66.0 Å². The van der Waals surface area contributed by atoms with E-state index in [1.54, 1.807) is 12.4 Å². The Morgan fingerprint density at radius 3 is 2.87 bits per heavy atom. The fraction of sp³-hybridized carbons (Fsp3) is 0.118. The number of urea groups is 1. The van der Waals surface area contributed by atoms with Gasteiger partial charge in [0.1, 0.15) is 5.82 Å². The van der Waals surface area contributed by atoms with Crippen LogP contribution < -0.4 is 16.2 Å². The monoisotopic (exact) mass is 307 g/mol. The zero-order valence-corrected chi connectivity index (χ0v) is 12.7. The van der Waals surface area contributed by atoms with Crippen LogP contribution in [-0.4, -0.2) is 16.0 Å². The second-order valence-corrected chi connectivity index (χ2v) is 5.14. The van der Waals surface area contributed by atoms with Crippen LogP contribution in [0.3, 0.4) is 0 Å². The van der Waals surface area contributed by atoms with Crippen LogP contribution in [0.4, 0.5) is 10.6 Å². The second kappa shape index (κ2) is 6.74. The summed E-state index contributed by atoms with van der Waals surface area (Å²) < 4.78 is 0. The summed E-state index contributed by atoms with van der Waals surface area (Å²) in [6.07, 6.45) is 3.40. The van der Waals surface area contributed by atoms with Gasteiger partial charge in [-0.25, -0.2) is 9.78 Å². The van der Waals surface area contributed by atoms with Gasteiger partial charge in [0.15, 0.2) is 0 Å². The largest absolute Gasteiger partial charge is 0.333 e. The number of hydrogen-bond donors (Lipinski definition) is 3. The molecule has 0 radical (unpaired) electrons. The standard InChI is InChI=1S/C17H17N5O/c1-12-9-16(20-15-7-3-2-6-14(12)15)21-22-17(23)19-11-13-5-4-8-18-10-13/h2-10H,11H2,1H3,(H,20,21)(H2,19,22,23). The van der Waals surface area contributed by atoms with Crippen molar-refractivity contribution < 1.29 is 4.79 Å². The first-order valence-corrected chi connectivity index (χ1v) is 7.27. The van der Waals surface area contributed by atoms with Crippen LogP contribution in [0.1, 0.15) is 11.1 Å². The average molecular weight is 307 g/mol. The van der Waals surface area contributed by atoms with Crippen LogP contribution in [0.25, 0.3) is 10.9 Å². The van der Waals surface area contributed by atoms with Gasteiger partial charge in [0.05, 0.1) is 5.52 Å². The molecule has 0 fully saturated rings. The molecule has 2 heterocycles. The lowest BCUT2D eigenvalue weighted by Crippen LogP contribution is -2.38. The van der Waals surface area contributed by atoms with Crippen LogP contribution in [0.5, 0.6) is 0 Å². The molecule has 2 aromatic heterocycles. The summed E-state index contributed by atoms with van der Waals surface area (Å²) in [5.41, 5.74) is 8.31. The third-order valence-electron chi connectivity index (χ3n) is 3.40. The maximum atomic E-state index is 11.8. The molecule has 6 nitrogen and oxygen atoms in total. The first kappa shape index (κ1) is 14.8. The number of carbonyl (C=O) groups is 1. The minimum absolute atomic E-state index is 0.332. The van der Waals surface area contributed by atoms with E-state index < -0.39 is 0 Å². The number of nitrogens with one attached hydrogen (secondary N) is 3. The summed E-state index contributed by atoms with van der Waals surface area (Å²) in [6.45, 7) is 2.42. The first-order valence-electron chi connectivity index (χ1n) is 7.27. The van der Waals surface area contributed by atoms with E-state index in [1.807, 2.05) is 49.4 Å². The third-order valence-corrected chi connectivity index (χ3v) is 3.40. The van der Waals surface area contributed by atoms with Gasteiger partial charge in [0.25, 0.3) is 0 Å². The van der Waals surface area contributed by atoms with Gasteiger partial charge in [0, 0.05) is 24.3 Å². The Balaban J connectivity index is 1.58. The number of amides is 2. The highest BCUT2D eigenvalue weighted by molar-refractivity contribution is 5.84. The maximum Gasteiger partial charge on any atom is 0.333 e. The van der Waals surface area contributed by atoms with E-state index in [9.17, 15) is 4.79 Å². The fourth-order valence-corrected chi connectivity index (χ4v) is 2.26. The summed E-state index contributed by atoms with van der Waals surface area (Å²) >= 11 is 0. The summed E-state index contributed by atoms with van der Waals surface area (Å²) in [7, 11) is 0. The van der Waals surface area contributed by atoms with Crippen molar-refractivity contribution >= 4 is 22.8 Å². The van der Waals surface area contributed by atoms with E-state index in [-0.39, 0.29) is 6.03 Å². The number of anilines is 1. The van der Waals surface area contributed by atoms with Gasteiger partial charge in [-0.05, 0) is 36.2 Å². The number of para-hydroxylation sites is 1. The fourth-order valence-electron chi connectivity index (χ4n) is 2.26. The van der Waals surface area contributed by atoms with Crippen molar-refractivity contribution in [2.24, 2.45) is 0 Å². The SMILES string of the molecule is Cc1cc(NNC(=O)NCc2cccnc2)nc2ccccc12. The molecule has 0 bridgehead atoms. The Kier molecular flexibility index (Phi) is 4.33. The van der Waals surface area contributed by atoms with Crippen LogP contribution in [0, 0.1) is 6.92 Å². The van der Waals surface area contributed by atoms with E-state index in [4.69, 9.17) is 0 Å². The number of pyridine rings is 2. The molecule has 2 amide bonds. The number of rotatable bonds is 4. The normalized spacial score (nSPS) is 10.3. The van der Waals surface area contributed by atoms with Crippen molar-refractivity contribution in [3.8, 4) is 0 Å².